The van der Waals surface area contributed by atoms with Crippen LogP contribution in [0.15, 0.2) is 54.6 Å². The lowest BCUT2D eigenvalue weighted by molar-refractivity contribution is -0.144. The lowest BCUT2D eigenvalue weighted by atomic mass is 9.94. The van der Waals surface area contributed by atoms with E-state index in [4.69, 9.17) is 4.74 Å². The third-order valence-corrected chi connectivity index (χ3v) is 4.85. The summed E-state index contributed by atoms with van der Waals surface area (Å²) < 4.78 is 5.95. The molecule has 0 amide bonds. The number of piperidine rings is 1. The van der Waals surface area contributed by atoms with Gasteiger partial charge >= 0.3 is 5.97 Å². The third kappa shape index (κ3) is 4.40. The number of carbonyl (C=O) groups is 1. The second kappa shape index (κ2) is 8.17. The van der Waals surface area contributed by atoms with Crippen LogP contribution in [0.25, 0.3) is 0 Å². The molecule has 1 heterocycles. The summed E-state index contributed by atoms with van der Waals surface area (Å²) in [5, 5.41) is 9.34. The van der Waals surface area contributed by atoms with E-state index in [2.05, 4.69) is 24.0 Å². The Balaban J connectivity index is 1.76. The molecule has 1 N–H and O–H groups in total. The quantitative estimate of drug-likeness (QED) is 0.827. The first kappa shape index (κ1) is 17.5. The Morgan fingerprint density at radius 2 is 1.96 bits per heavy atom. The van der Waals surface area contributed by atoms with E-state index < -0.39 is 5.97 Å². The van der Waals surface area contributed by atoms with Crippen LogP contribution in [-0.4, -0.2) is 29.1 Å². The first-order valence-electron chi connectivity index (χ1n) is 8.97. The molecule has 0 aliphatic carbocycles. The van der Waals surface area contributed by atoms with E-state index in [0.717, 1.165) is 37.3 Å². The first-order valence-corrected chi connectivity index (χ1v) is 8.97. The average Bonchev–Trinajstić information content (AvgIpc) is 2.64. The number of hydrogen-bond donors (Lipinski definition) is 1. The Bertz CT molecular complexity index is 701. The summed E-state index contributed by atoms with van der Waals surface area (Å²) in [7, 11) is 0. The molecule has 25 heavy (non-hydrogen) atoms. The smallest absolute Gasteiger partial charge is 0.307 e. The number of carboxylic acid groups (broad SMARTS) is 1. The maximum Gasteiger partial charge on any atom is 0.307 e. The number of ether oxygens (including phenoxy) is 1. The molecule has 0 spiro atoms. The van der Waals surface area contributed by atoms with Gasteiger partial charge in [-0.05, 0) is 55.6 Å². The summed E-state index contributed by atoms with van der Waals surface area (Å²) >= 11 is 0. The van der Waals surface area contributed by atoms with Crippen molar-refractivity contribution in [2.45, 2.75) is 32.2 Å². The number of hydrogen-bond acceptors (Lipinski definition) is 3. The van der Waals surface area contributed by atoms with Gasteiger partial charge in [-0.2, -0.15) is 0 Å². The molecule has 2 atom stereocenters. The minimum atomic E-state index is -0.680. The molecule has 1 aliphatic rings. The van der Waals surface area contributed by atoms with Crippen LogP contribution in [-0.2, 0) is 4.79 Å². The minimum absolute atomic E-state index is 0.224. The number of para-hydroxylation sites is 1. The van der Waals surface area contributed by atoms with Gasteiger partial charge in [0.25, 0.3) is 0 Å². The molecule has 3 rings (SSSR count). The number of nitrogens with zero attached hydrogens (tertiary/aromatic N) is 1. The SMILES string of the molecule is CCC(c1cccc(Oc2ccccc2)c1)N1CCCC(C(=O)O)C1. The fraction of sp³-hybridized carbons (Fsp3) is 0.381. The highest BCUT2D eigenvalue weighted by Crippen LogP contribution is 2.32. The van der Waals surface area contributed by atoms with Crippen molar-refractivity contribution >= 4 is 5.97 Å². The molecular weight excluding hydrogens is 314 g/mol. The zero-order valence-electron chi connectivity index (χ0n) is 14.6. The molecule has 0 saturated carbocycles. The first-order chi connectivity index (χ1) is 12.2. The standard InChI is InChI=1S/C21H25NO3/c1-2-20(22-13-7-9-17(15-22)21(23)24)16-8-6-12-19(14-16)25-18-10-4-3-5-11-18/h3-6,8,10-12,14,17,20H,2,7,9,13,15H2,1H3,(H,23,24). The van der Waals surface area contributed by atoms with Crippen LogP contribution in [0.3, 0.4) is 0 Å². The van der Waals surface area contributed by atoms with Crippen molar-refractivity contribution in [3.8, 4) is 11.5 Å². The highest BCUT2D eigenvalue weighted by Gasteiger charge is 2.29. The van der Waals surface area contributed by atoms with Crippen molar-refractivity contribution in [3.05, 3.63) is 60.2 Å². The molecule has 0 bridgehead atoms. The zero-order valence-corrected chi connectivity index (χ0v) is 14.6. The number of aliphatic carboxylic acids is 1. The molecule has 2 aromatic carbocycles. The van der Waals surface area contributed by atoms with E-state index in [-0.39, 0.29) is 12.0 Å². The molecule has 0 radical (unpaired) electrons. The Labute approximate surface area is 149 Å². The molecule has 1 fully saturated rings. The van der Waals surface area contributed by atoms with E-state index in [0.29, 0.717) is 6.54 Å². The average molecular weight is 339 g/mol. The molecule has 1 saturated heterocycles. The van der Waals surface area contributed by atoms with Crippen LogP contribution in [0, 0.1) is 5.92 Å². The lowest BCUT2D eigenvalue weighted by Crippen LogP contribution is -2.40. The molecule has 0 aromatic heterocycles. The zero-order chi connectivity index (χ0) is 17.6. The van der Waals surface area contributed by atoms with Crippen molar-refractivity contribution in [3.63, 3.8) is 0 Å². The third-order valence-electron chi connectivity index (χ3n) is 4.85. The van der Waals surface area contributed by atoms with Gasteiger partial charge in [0.05, 0.1) is 5.92 Å². The maximum absolute atomic E-state index is 11.4. The fourth-order valence-electron chi connectivity index (χ4n) is 3.61. The van der Waals surface area contributed by atoms with Gasteiger partial charge in [0.2, 0.25) is 0 Å². The molecule has 4 nitrogen and oxygen atoms in total. The highest BCUT2D eigenvalue weighted by molar-refractivity contribution is 5.70. The predicted molar refractivity (Wildman–Crippen MR) is 97.9 cm³/mol. The summed E-state index contributed by atoms with van der Waals surface area (Å²) in [6.07, 6.45) is 2.66. The van der Waals surface area contributed by atoms with Crippen LogP contribution in [0.1, 0.15) is 37.8 Å². The topological polar surface area (TPSA) is 49.8 Å². The largest absolute Gasteiger partial charge is 0.481 e. The number of likely N-dealkylation sites (tertiary alicyclic amines) is 1. The van der Waals surface area contributed by atoms with Gasteiger partial charge in [-0.15, -0.1) is 0 Å². The van der Waals surface area contributed by atoms with E-state index in [1.54, 1.807) is 0 Å². The summed E-state index contributed by atoms with van der Waals surface area (Å²) in [5.74, 6) is 0.692. The van der Waals surface area contributed by atoms with Gasteiger partial charge in [0.15, 0.2) is 0 Å². The van der Waals surface area contributed by atoms with Crippen LogP contribution in [0.4, 0.5) is 0 Å². The van der Waals surface area contributed by atoms with Crippen molar-refractivity contribution in [2.24, 2.45) is 5.92 Å². The fourth-order valence-corrected chi connectivity index (χ4v) is 3.61. The molecular formula is C21H25NO3. The minimum Gasteiger partial charge on any atom is -0.481 e. The van der Waals surface area contributed by atoms with Gasteiger partial charge in [0, 0.05) is 12.6 Å². The monoisotopic (exact) mass is 339 g/mol. The predicted octanol–water partition coefficient (Wildman–Crippen LogP) is 4.73. The maximum atomic E-state index is 11.4. The van der Waals surface area contributed by atoms with Crippen LogP contribution in [0.2, 0.25) is 0 Å². The summed E-state index contributed by atoms with van der Waals surface area (Å²) in [5.41, 5.74) is 1.18. The normalized spacial score (nSPS) is 19.3. The van der Waals surface area contributed by atoms with Gasteiger partial charge in [-0.3, -0.25) is 9.69 Å². The van der Waals surface area contributed by atoms with E-state index in [1.165, 1.54) is 5.56 Å². The molecule has 4 heteroatoms. The lowest BCUT2D eigenvalue weighted by Gasteiger charge is -2.37. The Morgan fingerprint density at radius 1 is 1.20 bits per heavy atom. The van der Waals surface area contributed by atoms with Gasteiger partial charge in [-0.25, -0.2) is 0 Å². The van der Waals surface area contributed by atoms with Gasteiger partial charge in [0.1, 0.15) is 11.5 Å². The van der Waals surface area contributed by atoms with Crippen molar-refractivity contribution in [1.29, 1.82) is 0 Å². The molecule has 1 aliphatic heterocycles. The molecule has 132 valence electrons. The summed E-state index contributed by atoms with van der Waals surface area (Å²) in [6, 6.07) is 18.1. The van der Waals surface area contributed by atoms with Crippen LogP contribution >= 0.6 is 0 Å². The summed E-state index contributed by atoms with van der Waals surface area (Å²) in [4.78, 5) is 13.7. The Hall–Kier alpha value is -2.33. The van der Waals surface area contributed by atoms with Crippen molar-refractivity contribution < 1.29 is 14.6 Å². The van der Waals surface area contributed by atoms with E-state index in [9.17, 15) is 9.90 Å². The van der Waals surface area contributed by atoms with Crippen molar-refractivity contribution in [2.75, 3.05) is 13.1 Å². The van der Waals surface area contributed by atoms with E-state index in [1.807, 2.05) is 42.5 Å². The van der Waals surface area contributed by atoms with Crippen LogP contribution < -0.4 is 4.74 Å². The number of rotatable bonds is 6. The Kier molecular flexibility index (Phi) is 5.71. The van der Waals surface area contributed by atoms with Gasteiger partial charge < -0.3 is 9.84 Å². The van der Waals surface area contributed by atoms with Crippen molar-refractivity contribution in [1.82, 2.24) is 4.90 Å². The second-order valence-electron chi connectivity index (χ2n) is 6.58. The van der Waals surface area contributed by atoms with Gasteiger partial charge in [-0.1, -0.05) is 37.3 Å². The second-order valence-corrected chi connectivity index (χ2v) is 6.58. The summed E-state index contributed by atoms with van der Waals surface area (Å²) in [6.45, 7) is 3.73. The van der Waals surface area contributed by atoms with E-state index >= 15 is 0 Å². The van der Waals surface area contributed by atoms with Crippen LogP contribution in [0.5, 0.6) is 11.5 Å². The number of benzene rings is 2. The molecule has 2 aromatic rings. The Morgan fingerprint density at radius 3 is 2.68 bits per heavy atom. The highest BCUT2D eigenvalue weighted by atomic mass is 16.5. The molecule has 2 unspecified atom stereocenters. The number of carboxylic acids is 1.